The molecule has 1 aromatic carbocycles. The third-order valence-electron chi connectivity index (χ3n) is 2.43. The molecule has 2 amide bonds. The van der Waals surface area contributed by atoms with Crippen molar-refractivity contribution >= 4 is 35.1 Å². The van der Waals surface area contributed by atoms with Gasteiger partial charge in [-0.25, -0.2) is 4.79 Å². The predicted octanol–water partition coefficient (Wildman–Crippen LogP) is 1.08. The summed E-state index contributed by atoms with van der Waals surface area (Å²) in [5.74, 6) is -2.02. The Balaban J connectivity index is 2.46. The van der Waals surface area contributed by atoms with E-state index in [0.29, 0.717) is 10.7 Å². The molecule has 0 spiro atoms. The van der Waals surface area contributed by atoms with Crippen molar-refractivity contribution in [2.45, 2.75) is 0 Å². The predicted molar refractivity (Wildman–Crippen MR) is 67.6 cm³/mol. The molecule has 1 aliphatic heterocycles. The van der Waals surface area contributed by atoms with Crippen LogP contribution < -0.4 is 10.6 Å². The first-order chi connectivity index (χ1) is 9.01. The van der Waals surface area contributed by atoms with Crippen molar-refractivity contribution in [3.63, 3.8) is 0 Å². The second kappa shape index (κ2) is 5.11. The summed E-state index contributed by atoms with van der Waals surface area (Å²) in [6.45, 7) is 0. The van der Waals surface area contributed by atoms with E-state index in [9.17, 15) is 14.4 Å². The number of carbonyl (C=O) groups excluding carboxylic acids is 3. The van der Waals surface area contributed by atoms with E-state index >= 15 is 0 Å². The van der Waals surface area contributed by atoms with Crippen LogP contribution in [0.2, 0.25) is 5.02 Å². The number of amides is 2. The van der Waals surface area contributed by atoms with Gasteiger partial charge in [0.25, 0.3) is 11.8 Å². The lowest BCUT2D eigenvalue weighted by atomic mass is 10.1. The summed E-state index contributed by atoms with van der Waals surface area (Å²) in [5, 5.41) is 5.19. The zero-order valence-corrected chi connectivity index (χ0v) is 10.6. The smallest absolute Gasteiger partial charge is 0.332 e. The van der Waals surface area contributed by atoms with E-state index in [1.54, 1.807) is 12.1 Å². The molecule has 98 valence electrons. The van der Waals surface area contributed by atoms with Gasteiger partial charge in [-0.3, -0.25) is 14.9 Å². The van der Waals surface area contributed by atoms with Crippen LogP contribution in [0.15, 0.2) is 30.0 Å². The zero-order valence-electron chi connectivity index (χ0n) is 9.82. The molecule has 0 radical (unpaired) electrons. The Kier molecular flexibility index (Phi) is 3.52. The van der Waals surface area contributed by atoms with Gasteiger partial charge in [0.05, 0.1) is 24.4 Å². The average molecular weight is 281 g/mol. The standard InChI is InChI=1S/C12H9ClN2O4/c1-19-10(16)5-9-12(18)15-11(17)7-4-6(13)2-3-8(7)14-9/h2-5,14H,1H3,(H,15,17,18)/b9-5-. The average Bonchev–Trinajstić information content (AvgIpc) is 2.48. The summed E-state index contributed by atoms with van der Waals surface area (Å²) >= 11 is 5.79. The van der Waals surface area contributed by atoms with Gasteiger partial charge < -0.3 is 10.1 Å². The van der Waals surface area contributed by atoms with E-state index < -0.39 is 17.8 Å². The van der Waals surface area contributed by atoms with Crippen molar-refractivity contribution in [2.24, 2.45) is 0 Å². The number of nitrogens with one attached hydrogen (secondary N) is 2. The number of benzene rings is 1. The summed E-state index contributed by atoms with van der Waals surface area (Å²) in [6.07, 6.45) is 0.965. The Bertz CT molecular complexity index is 610. The van der Waals surface area contributed by atoms with Crippen LogP contribution in [0.1, 0.15) is 10.4 Å². The van der Waals surface area contributed by atoms with Gasteiger partial charge in [-0.05, 0) is 18.2 Å². The molecule has 0 fully saturated rings. The van der Waals surface area contributed by atoms with Crippen molar-refractivity contribution in [1.29, 1.82) is 0 Å². The maximum Gasteiger partial charge on any atom is 0.332 e. The van der Waals surface area contributed by atoms with Gasteiger partial charge in [0.15, 0.2) is 0 Å². The molecule has 1 aromatic rings. The molecule has 1 heterocycles. The van der Waals surface area contributed by atoms with Crippen LogP contribution in [0.3, 0.4) is 0 Å². The van der Waals surface area contributed by atoms with E-state index in [4.69, 9.17) is 11.6 Å². The molecular formula is C12H9ClN2O4. The minimum atomic E-state index is -0.720. The molecule has 6 nitrogen and oxygen atoms in total. The number of anilines is 1. The molecule has 0 bridgehead atoms. The molecule has 0 unspecified atom stereocenters. The quantitative estimate of drug-likeness (QED) is 0.457. The maximum atomic E-state index is 11.8. The first kappa shape index (κ1) is 13.1. The van der Waals surface area contributed by atoms with Crippen LogP contribution in [0.4, 0.5) is 5.69 Å². The molecule has 0 saturated carbocycles. The van der Waals surface area contributed by atoms with Gasteiger partial charge in [0.1, 0.15) is 5.70 Å². The Morgan fingerprint density at radius 3 is 2.68 bits per heavy atom. The molecule has 2 rings (SSSR count). The fourth-order valence-corrected chi connectivity index (χ4v) is 1.70. The van der Waals surface area contributed by atoms with Crippen LogP contribution in [0.25, 0.3) is 0 Å². The molecule has 0 saturated heterocycles. The largest absolute Gasteiger partial charge is 0.466 e. The molecule has 0 aliphatic carbocycles. The fourth-order valence-electron chi connectivity index (χ4n) is 1.53. The monoisotopic (exact) mass is 280 g/mol. The molecule has 0 atom stereocenters. The van der Waals surface area contributed by atoms with E-state index in [0.717, 1.165) is 6.08 Å². The minimum Gasteiger partial charge on any atom is -0.466 e. The number of hydrogen-bond acceptors (Lipinski definition) is 5. The Hall–Kier alpha value is -2.34. The van der Waals surface area contributed by atoms with Gasteiger partial charge in [-0.2, -0.15) is 0 Å². The van der Waals surface area contributed by atoms with E-state index in [1.807, 2.05) is 0 Å². The van der Waals surface area contributed by atoms with Crippen LogP contribution in [0, 0.1) is 0 Å². The van der Waals surface area contributed by atoms with E-state index in [-0.39, 0.29) is 11.3 Å². The fraction of sp³-hybridized carbons (Fsp3) is 0.0833. The van der Waals surface area contributed by atoms with Gasteiger partial charge in [-0.15, -0.1) is 0 Å². The molecule has 1 aliphatic rings. The number of hydrogen-bond donors (Lipinski definition) is 2. The highest BCUT2D eigenvalue weighted by molar-refractivity contribution is 6.31. The number of imide groups is 1. The maximum absolute atomic E-state index is 11.8. The van der Waals surface area contributed by atoms with E-state index in [1.165, 1.54) is 13.2 Å². The Labute approximate surface area is 113 Å². The lowest BCUT2D eigenvalue weighted by molar-refractivity contribution is -0.135. The minimum absolute atomic E-state index is 0.0822. The number of fused-ring (bicyclic) bond motifs is 1. The van der Waals surface area contributed by atoms with Crippen LogP contribution in [0.5, 0.6) is 0 Å². The molecular weight excluding hydrogens is 272 g/mol. The lowest BCUT2D eigenvalue weighted by Gasteiger charge is -2.06. The van der Waals surface area contributed by atoms with Crippen molar-refractivity contribution in [3.05, 3.63) is 40.6 Å². The molecule has 0 aromatic heterocycles. The number of esters is 1. The Morgan fingerprint density at radius 1 is 1.26 bits per heavy atom. The molecule has 19 heavy (non-hydrogen) atoms. The number of carbonyl (C=O) groups is 3. The van der Waals surface area contributed by atoms with E-state index in [2.05, 4.69) is 15.4 Å². The lowest BCUT2D eigenvalue weighted by Crippen LogP contribution is -2.30. The first-order valence-corrected chi connectivity index (χ1v) is 5.61. The van der Waals surface area contributed by atoms with Gasteiger partial charge in [0.2, 0.25) is 0 Å². The molecule has 2 N–H and O–H groups in total. The highest BCUT2D eigenvalue weighted by atomic mass is 35.5. The van der Waals surface area contributed by atoms with Crippen molar-refractivity contribution < 1.29 is 19.1 Å². The van der Waals surface area contributed by atoms with Crippen LogP contribution >= 0.6 is 11.6 Å². The highest BCUT2D eigenvalue weighted by Gasteiger charge is 2.24. The summed E-state index contributed by atoms with van der Waals surface area (Å²) in [5.41, 5.74) is 0.512. The molecule has 7 heteroatoms. The van der Waals surface area contributed by atoms with Crippen molar-refractivity contribution in [3.8, 4) is 0 Å². The highest BCUT2D eigenvalue weighted by Crippen LogP contribution is 2.24. The summed E-state index contributed by atoms with van der Waals surface area (Å²) in [4.78, 5) is 34.7. The third-order valence-corrected chi connectivity index (χ3v) is 2.67. The number of halogens is 1. The van der Waals surface area contributed by atoms with Crippen molar-refractivity contribution in [1.82, 2.24) is 5.32 Å². The Morgan fingerprint density at radius 2 is 2.00 bits per heavy atom. The topological polar surface area (TPSA) is 84.5 Å². The van der Waals surface area contributed by atoms with Crippen LogP contribution in [-0.4, -0.2) is 24.9 Å². The number of rotatable bonds is 1. The first-order valence-electron chi connectivity index (χ1n) is 5.23. The second-order valence-corrected chi connectivity index (χ2v) is 4.12. The summed E-state index contributed by atoms with van der Waals surface area (Å²) in [6, 6.07) is 4.53. The van der Waals surface area contributed by atoms with Gasteiger partial charge in [0, 0.05) is 5.02 Å². The SMILES string of the molecule is COC(=O)/C=C1\Nc2ccc(Cl)cc2C(=O)NC1=O. The normalized spacial score (nSPS) is 16.2. The number of ether oxygens (including phenoxy) is 1. The summed E-state index contributed by atoms with van der Waals surface area (Å²) in [7, 11) is 1.19. The van der Waals surface area contributed by atoms with Gasteiger partial charge in [-0.1, -0.05) is 11.6 Å². The zero-order chi connectivity index (χ0) is 14.0. The van der Waals surface area contributed by atoms with Crippen LogP contribution in [-0.2, 0) is 14.3 Å². The van der Waals surface area contributed by atoms with Gasteiger partial charge >= 0.3 is 5.97 Å². The number of methoxy groups -OCH3 is 1. The van der Waals surface area contributed by atoms with Crippen molar-refractivity contribution in [2.75, 3.05) is 12.4 Å². The summed E-state index contributed by atoms with van der Waals surface area (Å²) < 4.78 is 4.43. The third kappa shape index (κ3) is 2.74. The second-order valence-electron chi connectivity index (χ2n) is 3.68.